The lowest BCUT2D eigenvalue weighted by molar-refractivity contribution is -0.137. The highest BCUT2D eigenvalue weighted by Crippen LogP contribution is 2.62. The Bertz CT molecular complexity index is 1110. The number of aromatic nitrogens is 2. The summed E-state index contributed by atoms with van der Waals surface area (Å²) < 4.78 is 58.3. The van der Waals surface area contributed by atoms with E-state index >= 15 is 0 Å². The van der Waals surface area contributed by atoms with Gasteiger partial charge in [0.2, 0.25) is 5.91 Å². The molecule has 1 aliphatic carbocycles. The van der Waals surface area contributed by atoms with Crippen molar-refractivity contribution in [2.24, 2.45) is 17.3 Å². The SMILES string of the molecule is CCC1(CCOc2cc(F)c(CC(=O)N3CC(F)C3)c(F)c2)CC1C1CCN(c2nc(COC)no2)CC1. The van der Waals surface area contributed by atoms with Crippen molar-refractivity contribution in [1.29, 1.82) is 0 Å². The number of anilines is 1. The highest BCUT2D eigenvalue weighted by Gasteiger charge is 2.55. The first-order chi connectivity index (χ1) is 18.3. The van der Waals surface area contributed by atoms with Crippen LogP contribution in [0.4, 0.5) is 19.2 Å². The molecule has 208 valence electrons. The number of amides is 1. The van der Waals surface area contributed by atoms with Crippen LogP contribution in [0.3, 0.4) is 0 Å². The van der Waals surface area contributed by atoms with Gasteiger partial charge < -0.3 is 23.8 Å². The molecule has 0 spiro atoms. The zero-order chi connectivity index (χ0) is 26.9. The summed E-state index contributed by atoms with van der Waals surface area (Å²) in [6.07, 6.45) is 3.61. The average molecular weight is 537 g/mol. The van der Waals surface area contributed by atoms with Crippen LogP contribution in [0.5, 0.6) is 5.75 Å². The van der Waals surface area contributed by atoms with Crippen LogP contribution in [-0.2, 0) is 22.6 Å². The van der Waals surface area contributed by atoms with Crippen LogP contribution < -0.4 is 9.64 Å². The fourth-order valence-corrected chi connectivity index (χ4v) is 6.07. The van der Waals surface area contributed by atoms with Gasteiger partial charge in [-0.2, -0.15) is 4.98 Å². The molecule has 38 heavy (non-hydrogen) atoms. The minimum atomic E-state index is -1.05. The van der Waals surface area contributed by atoms with Crippen LogP contribution in [-0.4, -0.2) is 67.0 Å². The maximum absolute atomic E-state index is 14.6. The van der Waals surface area contributed by atoms with E-state index in [2.05, 4.69) is 22.0 Å². The molecular weight excluding hydrogens is 501 g/mol. The minimum Gasteiger partial charge on any atom is -0.493 e. The lowest BCUT2D eigenvalue weighted by atomic mass is 9.85. The van der Waals surface area contributed by atoms with Gasteiger partial charge in [-0.25, -0.2) is 13.2 Å². The molecule has 3 fully saturated rings. The van der Waals surface area contributed by atoms with Gasteiger partial charge in [0.25, 0.3) is 0 Å². The van der Waals surface area contributed by atoms with Gasteiger partial charge in [0.15, 0.2) is 5.82 Å². The smallest absolute Gasteiger partial charge is 0.324 e. The van der Waals surface area contributed by atoms with Gasteiger partial charge in [-0.3, -0.25) is 4.79 Å². The molecule has 5 rings (SSSR count). The first kappa shape index (κ1) is 26.8. The standard InChI is InChI=1S/C27H35F3N4O4/c1-3-27(13-21(27)17-4-7-33(8-5-17)26-31-24(16-36-2)32-38-26)6-9-37-19-10-22(29)20(23(30)11-19)12-25(35)34-14-18(28)15-34/h10-11,17-18,21H,3-9,12-16H2,1-2H3. The van der Waals surface area contributed by atoms with Gasteiger partial charge in [-0.15, -0.1) is 0 Å². The summed E-state index contributed by atoms with van der Waals surface area (Å²) in [5, 5.41) is 3.94. The Labute approximate surface area is 220 Å². The minimum absolute atomic E-state index is 0.0169. The normalized spacial score (nSPS) is 24.0. The van der Waals surface area contributed by atoms with Gasteiger partial charge in [-0.1, -0.05) is 18.5 Å². The van der Waals surface area contributed by atoms with Crippen molar-refractivity contribution >= 4 is 11.9 Å². The third-order valence-electron chi connectivity index (χ3n) is 8.57. The largest absolute Gasteiger partial charge is 0.493 e. The highest BCUT2D eigenvalue weighted by atomic mass is 19.1. The molecule has 0 bridgehead atoms. The summed E-state index contributed by atoms with van der Waals surface area (Å²) in [6, 6.07) is 2.81. The molecular formula is C27H35F3N4O4. The number of likely N-dealkylation sites (tertiary alicyclic amines) is 1. The monoisotopic (exact) mass is 536 g/mol. The van der Waals surface area contributed by atoms with Crippen LogP contribution in [0.15, 0.2) is 16.7 Å². The number of methoxy groups -OCH3 is 1. The van der Waals surface area contributed by atoms with Crippen molar-refractivity contribution in [2.45, 2.75) is 58.2 Å². The number of halogens is 3. The second-order valence-electron chi connectivity index (χ2n) is 10.8. The van der Waals surface area contributed by atoms with E-state index in [-0.39, 0.29) is 29.8 Å². The van der Waals surface area contributed by atoms with E-state index < -0.39 is 30.1 Å². The van der Waals surface area contributed by atoms with Crippen molar-refractivity contribution in [3.8, 4) is 5.75 Å². The fourth-order valence-electron chi connectivity index (χ4n) is 6.07. The number of benzene rings is 1. The van der Waals surface area contributed by atoms with Crippen LogP contribution in [0, 0.1) is 28.9 Å². The van der Waals surface area contributed by atoms with E-state index in [0.717, 1.165) is 57.3 Å². The first-order valence-electron chi connectivity index (χ1n) is 13.4. The maximum Gasteiger partial charge on any atom is 0.324 e. The number of carbonyl (C=O) groups excluding carboxylic acids is 1. The maximum atomic E-state index is 14.6. The van der Waals surface area contributed by atoms with E-state index in [1.165, 1.54) is 4.90 Å². The summed E-state index contributed by atoms with van der Waals surface area (Å²) in [5.41, 5.74) is -0.114. The summed E-state index contributed by atoms with van der Waals surface area (Å²) in [7, 11) is 1.60. The number of carbonyl (C=O) groups is 1. The third kappa shape index (κ3) is 5.62. The molecule has 3 aliphatic rings. The number of piperidine rings is 1. The lowest BCUT2D eigenvalue weighted by Gasteiger charge is -2.34. The van der Waals surface area contributed by atoms with Crippen molar-refractivity contribution in [3.63, 3.8) is 0 Å². The highest BCUT2D eigenvalue weighted by molar-refractivity contribution is 5.79. The second-order valence-corrected chi connectivity index (χ2v) is 10.8. The molecule has 2 saturated heterocycles. The quantitative estimate of drug-likeness (QED) is 0.423. The van der Waals surface area contributed by atoms with Gasteiger partial charge in [0.05, 0.1) is 26.1 Å². The Morgan fingerprint density at radius 1 is 1.21 bits per heavy atom. The third-order valence-corrected chi connectivity index (χ3v) is 8.57. The lowest BCUT2D eigenvalue weighted by Crippen LogP contribution is -2.52. The van der Waals surface area contributed by atoms with E-state index in [0.29, 0.717) is 36.9 Å². The number of nitrogens with zero attached hydrogens (tertiary/aromatic N) is 4. The first-order valence-corrected chi connectivity index (χ1v) is 13.4. The van der Waals surface area contributed by atoms with Crippen LogP contribution in [0.2, 0.25) is 0 Å². The number of ether oxygens (including phenoxy) is 2. The Balaban J connectivity index is 1.09. The molecule has 11 heteroatoms. The molecule has 2 aliphatic heterocycles. The molecule has 1 saturated carbocycles. The Morgan fingerprint density at radius 3 is 2.55 bits per heavy atom. The zero-order valence-electron chi connectivity index (χ0n) is 21.9. The Kier molecular flexibility index (Phi) is 7.83. The summed E-state index contributed by atoms with van der Waals surface area (Å²) >= 11 is 0. The predicted molar refractivity (Wildman–Crippen MR) is 132 cm³/mol. The Hall–Kier alpha value is -2.82. The van der Waals surface area contributed by atoms with E-state index in [1.807, 2.05) is 0 Å². The van der Waals surface area contributed by atoms with Gasteiger partial charge >= 0.3 is 6.01 Å². The molecule has 8 nitrogen and oxygen atoms in total. The summed E-state index contributed by atoms with van der Waals surface area (Å²) in [5.74, 6) is -0.231. The zero-order valence-corrected chi connectivity index (χ0v) is 21.9. The number of alkyl halides is 1. The molecule has 2 aromatic rings. The molecule has 1 amide bonds. The summed E-state index contributed by atoms with van der Waals surface area (Å²) in [6.45, 7) is 4.59. The van der Waals surface area contributed by atoms with Crippen molar-refractivity contribution in [3.05, 3.63) is 35.2 Å². The molecule has 2 atom stereocenters. The Morgan fingerprint density at radius 2 is 1.92 bits per heavy atom. The van der Waals surface area contributed by atoms with Crippen molar-refractivity contribution in [1.82, 2.24) is 15.0 Å². The molecule has 0 N–H and O–H groups in total. The predicted octanol–water partition coefficient (Wildman–Crippen LogP) is 4.32. The molecule has 1 aromatic carbocycles. The van der Waals surface area contributed by atoms with Gasteiger partial charge in [0.1, 0.15) is 30.2 Å². The molecule has 1 aromatic heterocycles. The van der Waals surface area contributed by atoms with Crippen molar-refractivity contribution < 1.29 is 32.0 Å². The number of hydrogen-bond acceptors (Lipinski definition) is 7. The van der Waals surface area contributed by atoms with Crippen molar-refractivity contribution in [2.75, 3.05) is 44.8 Å². The molecule has 3 heterocycles. The molecule has 0 radical (unpaired) electrons. The average Bonchev–Trinajstić information content (AvgIpc) is 3.42. The topological polar surface area (TPSA) is 80.9 Å². The number of hydrogen-bond donors (Lipinski definition) is 0. The van der Waals surface area contributed by atoms with Crippen LogP contribution >= 0.6 is 0 Å². The van der Waals surface area contributed by atoms with E-state index in [9.17, 15) is 18.0 Å². The van der Waals surface area contributed by atoms with Gasteiger partial charge in [-0.05, 0) is 42.9 Å². The molecule has 2 unspecified atom stereocenters. The van der Waals surface area contributed by atoms with Crippen LogP contribution in [0.1, 0.15) is 50.4 Å². The van der Waals surface area contributed by atoms with E-state index in [4.69, 9.17) is 14.0 Å². The van der Waals surface area contributed by atoms with Gasteiger partial charge in [0, 0.05) is 37.9 Å². The number of rotatable bonds is 11. The fraction of sp³-hybridized carbons (Fsp3) is 0.667. The second kappa shape index (κ2) is 11.1. The van der Waals surface area contributed by atoms with E-state index in [1.54, 1.807) is 7.11 Å². The summed E-state index contributed by atoms with van der Waals surface area (Å²) in [4.78, 5) is 19.9. The van der Waals surface area contributed by atoms with Crippen LogP contribution in [0.25, 0.3) is 0 Å².